The lowest BCUT2D eigenvalue weighted by atomic mass is 10.1. The highest BCUT2D eigenvalue weighted by Gasteiger charge is 2.27. The predicted octanol–water partition coefficient (Wildman–Crippen LogP) is 2.32. The largest absolute Gasteiger partial charge is 0.489 e. The molecule has 1 aliphatic heterocycles. The molecule has 0 spiro atoms. The molecule has 1 heterocycles. The van der Waals surface area contributed by atoms with Crippen molar-refractivity contribution >= 4 is 23.9 Å². The molecular weight excluding hydrogens is 320 g/mol. The zero-order chi connectivity index (χ0) is 17.8. The van der Waals surface area contributed by atoms with Crippen LogP contribution in [0.25, 0.3) is 6.08 Å². The molecule has 25 heavy (non-hydrogen) atoms. The molecule has 3 rings (SSSR count). The van der Waals surface area contributed by atoms with Gasteiger partial charge in [-0.3, -0.25) is 20.2 Å². The molecule has 0 radical (unpaired) electrons. The van der Waals surface area contributed by atoms with E-state index in [1.54, 1.807) is 24.3 Å². The van der Waals surface area contributed by atoms with Crippen molar-refractivity contribution in [1.29, 1.82) is 0 Å². The maximum absolute atomic E-state index is 11.7. The summed E-state index contributed by atoms with van der Waals surface area (Å²) >= 11 is 0. The lowest BCUT2D eigenvalue weighted by Crippen LogP contribution is -2.51. The van der Waals surface area contributed by atoms with E-state index in [0.29, 0.717) is 17.9 Å². The number of amides is 4. The van der Waals surface area contributed by atoms with E-state index in [1.807, 2.05) is 41.8 Å². The van der Waals surface area contributed by atoms with Crippen LogP contribution in [0.5, 0.6) is 5.75 Å². The molecular formula is C19H16N2O4. The SMILES string of the molecule is Cc1ccccc1COc1ccc(C=C2C(=O)NC(=O)NC2=O)cc1. The van der Waals surface area contributed by atoms with Crippen LogP contribution >= 0.6 is 0 Å². The van der Waals surface area contributed by atoms with Crippen molar-refractivity contribution in [2.24, 2.45) is 0 Å². The van der Waals surface area contributed by atoms with E-state index in [2.05, 4.69) is 0 Å². The van der Waals surface area contributed by atoms with Crippen molar-refractivity contribution < 1.29 is 19.1 Å². The summed E-state index contributed by atoms with van der Waals surface area (Å²) < 4.78 is 5.75. The first kappa shape index (κ1) is 16.4. The van der Waals surface area contributed by atoms with Gasteiger partial charge in [-0.05, 0) is 41.8 Å². The van der Waals surface area contributed by atoms with Crippen molar-refractivity contribution in [2.45, 2.75) is 13.5 Å². The van der Waals surface area contributed by atoms with Crippen LogP contribution in [0.15, 0.2) is 54.1 Å². The Balaban J connectivity index is 1.69. The minimum Gasteiger partial charge on any atom is -0.489 e. The molecule has 0 atom stereocenters. The summed E-state index contributed by atoms with van der Waals surface area (Å²) in [6.45, 7) is 2.49. The fourth-order valence-corrected chi connectivity index (χ4v) is 2.37. The highest BCUT2D eigenvalue weighted by molar-refractivity contribution is 6.31. The standard InChI is InChI=1S/C19H16N2O4/c1-12-4-2-3-5-14(12)11-25-15-8-6-13(7-9-15)10-16-17(22)20-19(24)21-18(16)23/h2-10H,11H2,1H3,(H2,20,21,22,23,24). The lowest BCUT2D eigenvalue weighted by Gasteiger charge is -2.14. The molecule has 0 aliphatic carbocycles. The Labute approximate surface area is 144 Å². The van der Waals surface area contributed by atoms with Gasteiger partial charge >= 0.3 is 6.03 Å². The van der Waals surface area contributed by atoms with E-state index in [1.165, 1.54) is 6.08 Å². The molecule has 0 saturated carbocycles. The molecule has 1 aliphatic rings. The van der Waals surface area contributed by atoms with Crippen LogP contribution in [0.4, 0.5) is 4.79 Å². The fourth-order valence-electron chi connectivity index (χ4n) is 2.37. The number of rotatable bonds is 4. The van der Waals surface area contributed by atoms with Gasteiger partial charge in [0.2, 0.25) is 0 Å². The molecule has 0 bridgehead atoms. The van der Waals surface area contributed by atoms with Crippen LogP contribution in [-0.4, -0.2) is 17.8 Å². The van der Waals surface area contributed by atoms with Gasteiger partial charge in [-0.1, -0.05) is 36.4 Å². The summed E-state index contributed by atoms with van der Waals surface area (Å²) in [6, 6.07) is 14.1. The van der Waals surface area contributed by atoms with Crippen LogP contribution in [0.1, 0.15) is 16.7 Å². The smallest absolute Gasteiger partial charge is 0.328 e. The minimum absolute atomic E-state index is 0.117. The van der Waals surface area contributed by atoms with Crippen molar-refractivity contribution in [3.63, 3.8) is 0 Å². The third-order valence-corrected chi connectivity index (χ3v) is 3.79. The fraction of sp³-hybridized carbons (Fsp3) is 0.105. The first-order chi connectivity index (χ1) is 12.0. The number of barbiturate groups is 1. The number of urea groups is 1. The van der Waals surface area contributed by atoms with Gasteiger partial charge in [-0.2, -0.15) is 0 Å². The first-order valence-electron chi connectivity index (χ1n) is 7.68. The van der Waals surface area contributed by atoms with Gasteiger partial charge < -0.3 is 4.74 Å². The van der Waals surface area contributed by atoms with E-state index in [0.717, 1.165) is 11.1 Å². The Morgan fingerprint density at radius 2 is 1.56 bits per heavy atom. The zero-order valence-corrected chi connectivity index (χ0v) is 13.5. The average molecular weight is 336 g/mol. The second kappa shape index (κ2) is 7.00. The Kier molecular flexibility index (Phi) is 4.61. The first-order valence-corrected chi connectivity index (χ1v) is 7.68. The number of ether oxygens (including phenoxy) is 1. The summed E-state index contributed by atoms with van der Waals surface area (Å²) in [5.41, 5.74) is 2.80. The van der Waals surface area contributed by atoms with Crippen LogP contribution < -0.4 is 15.4 Å². The molecule has 2 N–H and O–H groups in total. The molecule has 126 valence electrons. The second-order valence-electron chi connectivity index (χ2n) is 5.58. The number of carbonyl (C=O) groups excluding carboxylic acids is 3. The summed E-state index contributed by atoms with van der Waals surface area (Å²) in [4.78, 5) is 34.4. The number of hydrogen-bond donors (Lipinski definition) is 2. The Morgan fingerprint density at radius 3 is 2.20 bits per heavy atom. The number of carbonyl (C=O) groups is 3. The molecule has 2 aromatic rings. The van der Waals surface area contributed by atoms with E-state index in [4.69, 9.17) is 4.74 Å². The van der Waals surface area contributed by atoms with Gasteiger partial charge in [0.05, 0.1) is 0 Å². The minimum atomic E-state index is -0.813. The highest BCUT2D eigenvalue weighted by atomic mass is 16.5. The Hall–Kier alpha value is -3.41. The summed E-state index contributed by atoms with van der Waals surface area (Å²) in [7, 11) is 0. The molecule has 2 aromatic carbocycles. The number of hydrogen-bond acceptors (Lipinski definition) is 4. The van der Waals surface area contributed by atoms with E-state index >= 15 is 0 Å². The molecule has 6 nitrogen and oxygen atoms in total. The Bertz CT molecular complexity index is 847. The summed E-state index contributed by atoms with van der Waals surface area (Å²) in [6.07, 6.45) is 1.42. The molecule has 0 unspecified atom stereocenters. The molecule has 1 fully saturated rings. The lowest BCUT2D eigenvalue weighted by molar-refractivity contribution is -0.123. The topological polar surface area (TPSA) is 84.5 Å². The predicted molar refractivity (Wildman–Crippen MR) is 91.6 cm³/mol. The van der Waals surface area contributed by atoms with E-state index < -0.39 is 17.8 Å². The van der Waals surface area contributed by atoms with Crippen molar-refractivity contribution in [3.05, 3.63) is 70.8 Å². The van der Waals surface area contributed by atoms with Crippen molar-refractivity contribution in [3.8, 4) is 5.75 Å². The van der Waals surface area contributed by atoms with Crippen LogP contribution in [-0.2, 0) is 16.2 Å². The second-order valence-corrected chi connectivity index (χ2v) is 5.58. The highest BCUT2D eigenvalue weighted by Crippen LogP contribution is 2.18. The molecule has 1 saturated heterocycles. The quantitative estimate of drug-likeness (QED) is 0.663. The average Bonchev–Trinajstić information content (AvgIpc) is 2.58. The van der Waals surface area contributed by atoms with Gasteiger partial charge in [0.25, 0.3) is 11.8 Å². The van der Waals surface area contributed by atoms with Crippen molar-refractivity contribution in [2.75, 3.05) is 0 Å². The molecule has 4 amide bonds. The van der Waals surface area contributed by atoms with Crippen LogP contribution in [0.3, 0.4) is 0 Å². The third kappa shape index (κ3) is 3.92. The number of aryl methyl sites for hydroxylation is 1. The number of nitrogens with one attached hydrogen (secondary N) is 2. The number of imide groups is 2. The van der Waals surface area contributed by atoms with Crippen molar-refractivity contribution in [1.82, 2.24) is 10.6 Å². The Morgan fingerprint density at radius 1 is 0.920 bits per heavy atom. The van der Waals surface area contributed by atoms with E-state index in [-0.39, 0.29) is 5.57 Å². The van der Waals surface area contributed by atoms with Gasteiger partial charge in [-0.25, -0.2) is 4.79 Å². The molecule has 6 heteroatoms. The van der Waals surface area contributed by atoms with Gasteiger partial charge in [0.15, 0.2) is 0 Å². The normalized spacial score (nSPS) is 14.0. The van der Waals surface area contributed by atoms with Gasteiger partial charge in [0, 0.05) is 0 Å². The monoisotopic (exact) mass is 336 g/mol. The summed E-state index contributed by atoms with van der Waals surface area (Å²) in [5, 5.41) is 4.06. The van der Waals surface area contributed by atoms with Crippen LogP contribution in [0.2, 0.25) is 0 Å². The summed E-state index contributed by atoms with van der Waals surface area (Å²) in [5.74, 6) is -0.750. The van der Waals surface area contributed by atoms with E-state index in [9.17, 15) is 14.4 Å². The van der Waals surface area contributed by atoms with Gasteiger partial charge in [-0.15, -0.1) is 0 Å². The maximum Gasteiger partial charge on any atom is 0.328 e. The molecule has 0 aromatic heterocycles. The number of benzene rings is 2. The van der Waals surface area contributed by atoms with Gasteiger partial charge in [0.1, 0.15) is 17.9 Å². The zero-order valence-electron chi connectivity index (χ0n) is 13.5. The third-order valence-electron chi connectivity index (χ3n) is 3.79. The van der Waals surface area contributed by atoms with Crippen LogP contribution in [0, 0.1) is 6.92 Å². The maximum atomic E-state index is 11.7.